The van der Waals surface area contributed by atoms with Crippen molar-refractivity contribution in [3.8, 4) is 0 Å². The lowest BCUT2D eigenvalue weighted by Crippen LogP contribution is -2.37. The fourth-order valence-corrected chi connectivity index (χ4v) is 3.09. The molecule has 0 aromatic carbocycles. The molecule has 7 heteroatoms. The van der Waals surface area contributed by atoms with E-state index in [-0.39, 0.29) is 0 Å². The van der Waals surface area contributed by atoms with Gasteiger partial charge in [0.2, 0.25) is 0 Å². The zero-order valence-corrected chi connectivity index (χ0v) is 9.93. The van der Waals surface area contributed by atoms with Crippen molar-refractivity contribution in [1.82, 2.24) is 4.90 Å². The average Bonchev–Trinajstić information content (AvgIpc) is 2.19. The molecule has 0 saturated carbocycles. The molecule has 5 nitrogen and oxygen atoms in total. The molecule has 1 aliphatic heterocycles. The van der Waals surface area contributed by atoms with E-state index in [9.17, 15) is 4.57 Å². The van der Waals surface area contributed by atoms with Crippen molar-refractivity contribution < 1.29 is 18.7 Å². The van der Waals surface area contributed by atoms with Crippen LogP contribution in [0.3, 0.4) is 0 Å². The second-order valence-electron chi connectivity index (χ2n) is 2.94. The van der Waals surface area contributed by atoms with Gasteiger partial charge in [-0.1, -0.05) is 0 Å². The minimum Gasteiger partial charge on any atom is -0.379 e. The first-order chi connectivity index (χ1) is 6.64. The third kappa shape index (κ3) is 4.77. The summed E-state index contributed by atoms with van der Waals surface area (Å²) in [7, 11) is 1.25. The summed E-state index contributed by atoms with van der Waals surface area (Å²) in [6.07, 6.45) is 0. The first kappa shape index (κ1) is 12.5. The van der Waals surface area contributed by atoms with Crippen molar-refractivity contribution in [2.75, 3.05) is 45.7 Å². The SMILES string of the molecule is COP(=O)(O)SCCN1CCOCC1. The molecule has 1 rings (SSSR count). The lowest BCUT2D eigenvalue weighted by Gasteiger charge is -2.26. The Kier molecular flexibility index (Phi) is 5.44. The quantitative estimate of drug-likeness (QED) is 0.718. The van der Waals surface area contributed by atoms with Crippen LogP contribution in [0.2, 0.25) is 0 Å². The molecule has 1 heterocycles. The van der Waals surface area contributed by atoms with E-state index in [1.54, 1.807) is 0 Å². The molecule has 1 N–H and O–H groups in total. The van der Waals surface area contributed by atoms with Gasteiger partial charge >= 0.3 is 6.80 Å². The van der Waals surface area contributed by atoms with E-state index in [4.69, 9.17) is 9.63 Å². The molecular weight excluding hydrogens is 225 g/mol. The zero-order valence-electron chi connectivity index (χ0n) is 8.22. The number of hydrogen-bond donors (Lipinski definition) is 1. The Morgan fingerprint density at radius 2 is 2.21 bits per heavy atom. The maximum absolute atomic E-state index is 11.1. The summed E-state index contributed by atoms with van der Waals surface area (Å²) in [5.41, 5.74) is 0. The molecule has 0 amide bonds. The standard InChI is InChI=1S/C7H16NO4PS/c1-11-13(9,10)14-7-4-8-2-5-12-6-3-8/h2-7H2,1H3,(H,9,10). The lowest BCUT2D eigenvalue weighted by molar-refractivity contribution is 0.0410. The van der Waals surface area contributed by atoms with Gasteiger partial charge in [0.25, 0.3) is 0 Å². The third-order valence-corrected chi connectivity index (χ3v) is 5.12. The molecule has 14 heavy (non-hydrogen) atoms. The molecule has 0 aromatic heterocycles. The molecule has 0 bridgehead atoms. The van der Waals surface area contributed by atoms with Crippen LogP contribution in [-0.4, -0.2) is 55.5 Å². The van der Waals surface area contributed by atoms with Crippen molar-refractivity contribution in [1.29, 1.82) is 0 Å². The van der Waals surface area contributed by atoms with Gasteiger partial charge in [0.05, 0.1) is 13.2 Å². The van der Waals surface area contributed by atoms with Crippen LogP contribution in [0.4, 0.5) is 0 Å². The minimum absolute atomic E-state index is 0.613. The molecule has 84 valence electrons. The molecular formula is C7H16NO4PS. The Morgan fingerprint density at radius 3 is 2.79 bits per heavy atom. The molecule has 0 aliphatic carbocycles. The van der Waals surface area contributed by atoms with Crippen LogP contribution in [0.15, 0.2) is 0 Å². The molecule has 1 atom stereocenters. The molecule has 0 radical (unpaired) electrons. The van der Waals surface area contributed by atoms with E-state index in [1.165, 1.54) is 7.11 Å². The van der Waals surface area contributed by atoms with Gasteiger partial charge < -0.3 is 14.2 Å². The summed E-state index contributed by atoms with van der Waals surface area (Å²) < 4.78 is 20.7. The summed E-state index contributed by atoms with van der Waals surface area (Å²) in [6.45, 7) is 0.749. The Balaban J connectivity index is 2.11. The maximum Gasteiger partial charge on any atom is 0.386 e. The van der Waals surface area contributed by atoms with E-state index >= 15 is 0 Å². The van der Waals surface area contributed by atoms with E-state index < -0.39 is 6.80 Å². The van der Waals surface area contributed by atoms with Crippen molar-refractivity contribution in [3.05, 3.63) is 0 Å². The second-order valence-corrected chi connectivity index (χ2v) is 7.07. The van der Waals surface area contributed by atoms with E-state index in [0.29, 0.717) is 5.75 Å². The Labute approximate surface area is 88.0 Å². The molecule has 1 fully saturated rings. The van der Waals surface area contributed by atoms with Gasteiger partial charge in [-0.2, -0.15) is 0 Å². The lowest BCUT2D eigenvalue weighted by atomic mass is 10.4. The van der Waals surface area contributed by atoms with Crippen molar-refractivity contribution in [2.45, 2.75) is 0 Å². The van der Waals surface area contributed by atoms with Crippen molar-refractivity contribution in [2.24, 2.45) is 0 Å². The Morgan fingerprint density at radius 1 is 1.57 bits per heavy atom. The highest BCUT2D eigenvalue weighted by Crippen LogP contribution is 2.54. The smallest absolute Gasteiger partial charge is 0.379 e. The van der Waals surface area contributed by atoms with Crippen molar-refractivity contribution >= 4 is 18.2 Å². The molecule has 0 aromatic rings. The normalized spacial score (nSPS) is 23.3. The number of hydrogen-bond acceptors (Lipinski definition) is 5. The third-order valence-electron chi connectivity index (χ3n) is 2.00. The highest BCUT2D eigenvalue weighted by molar-refractivity contribution is 8.54. The van der Waals surface area contributed by atoms with Gasteiger partial charge in [0.15, 0.2) is 0 Å². The summed E-state index contributed by atoms with van der Waals surface area (Å²) in [6, 6.07) is 0. The maximum atomic E-state index is 11.1. The van der Waals surface area contributed by atoms with E-state index in [2.05, 4.69) is 9.42 Å². The van der Waals surface area contributed by atoms with E-state index in [1.807, 2.05) is 0 Å². The number of ether oxygens (including phenoxy) is 1. The second kappa shape index (κ2) is 6.10. The van der Waals surface area contributed by atoms with Gasteiger partial charge in [-0.25, -0.2) is 4.57 Å². The van der Waals surface area contributed by atoms with Crippen LogP contribution in [0.1, 0.15) is 0 Å². The van der Waals surface area contributed by atoms with Gasteiger partial charge in [-0.05, 0) is 11.4 Å². The highest BCUT2D eigenvalue weighted by Gasteiger charge is 2.18. The van der Waals surface area contributed by atoms with Gasteiger partial charge in [0.1, 0.15) is 0 Å². The minimum atomic E-state index is -3.38. The topological polar surface area (TPSA) is 59.0 Å². The van der Waals surface area contributed by atoms with Crippen LogP contribution in [0.25, 0.3) is 0 Å². The summed E-state index contributed by atoms with van der Waals surface area (Å²) >= 11 is 0.979. The monoisotopic (exact) mass is 241 g/mol. The predicted molar refractivity (Wildman–Crippen MR) is 56.6 cm³/mol. The van der Waals surface area contributed by atoms with Crippen LogP contribution < -0.4 is 0 Å². The fourth-order valence-electron chi connectivity index (χ4n) is 1.16. The Hall–Kier alpha value is 0.420. The van der Waals surface area contributed by atoms with Crippen LogP contribution in [-0.2, 0) is 13.8 Å². The average molecular weight is 241 g/mol. The molecule has 1 saturated heterocycles. The van der Waals surface area contributed by atoms with Crippen molar-refractivity contribution in [3.63, 3.8) is 0 Å². The zero-order chi connectivity index (χ0) is 10.4. The van der Waals surface area contributed by atoms with Crippen LogP contribution in [0.5, 0.6) is 0 Å². The van der Waals surface area contributed by atoms with Crippen LogP contribution >= 0.6 is 18.2 Å². The first-order valence-electron chi connectivity index (χ1n) is 4.47. The van der Waals surface area contributed by atoms with Gasteiger partial charge in [-0.3, -0.25) is 4.90 Å². The molecule has 1 aliphatic rings. The highest BCUT2D eigenvalue weighted by atomic mass is 32.7. The summed E-state index contributed by atoms with van der Waals surface area (Å²) in [4.78, 5) is 11.3. The number of nitrogens with zero attached hydrogens (tertiary/aromatic N) is 1. The largest absolute Gasteiger partial charge is 0.386 e. The van der Waals surface area contributed by atoms with E-state index in [0.717, 1.165) is 44.2 Å². The summed E-state index contributed by atoms with van der Waals surface area (Å²) in [5.74, 6) is 0.613. The molecule has 1 unspecified atom stereocenters. The first-order valence-corrected chi connectivity index (χ1v) is 7.64. The number of morpholine rings is 1. The van der Waals surface area contributed by atoms with Gasteiger partial charge in [0, 0.05) is 32.5 Å². The number of rotatable bonds is 5. The van der Waals surface area contributed by atoms with Crippen LogP contribution in [0, 0.1) is 0 Å². The Bertz CT molecular complexity index is 210. The predicted octanol–water partition coefficient (Wildman–Crippen LogP) is 0.799. The summed E-state index contributed by atoms with van der Waals surface area (Å²) in [5, 5.41) is 0. The molecule has 0 spiro atoms. The fraction of sp³-hybridized carbons (Fsp3) is 1.00. The van der Waals surface area contributed by atoms with Gasteiger partial charge in [-0.15, -0.1) is 0 Å².